The van der Waals surface area contributed by atoms with Crippen LogP contribution in [0.3, 0.4) is 0 Å². The molecule has 32 heavy (non-hydrogen) atoms. The molecule has 1 saturated carbocycles. The van der Waals surface area contributed by atoms with E-state index >= 15 is 0 Å². The van der Waals surface area contributed by atoms with Gasteiger partial charge in [-0.1, -0.05) is 42.8 Å². The topological polar surface area (TPSA) is 49.4 Å². The maximum Gasteiger partial charge on any atom is 0.247 e. The second-order valence-corrected chi connectivity index (χ2v) is 9.22. The highest BCUT2D eigenvalue weighted by molar-refractivity contribution is 6.30. The highest BCUT2D eigenvalue weighted by Gasteiger charge is 2.32. The van der Waals surface area contributed by atoms with Crippen molar-refractivity contribution in [3.63, 3.8) is 0 Å². The number of amides is 2. The molecule has 3 rings (SSSR count). The molecule has 0 bridgehead atoms. The van der Waals surface area contributed by atoms with Crippen LogP contribution in [0.2, 0.25) is 5.02 Å². The Morgan fingerprint density at radius 2 is 1.69 bits per heavy atom. The van der Waals surface area contributed by atoms with Crippen molar-refractivity contribution in [2.75, 3.05) is 12.4 Å². The third kappa shape index (κ3) is 6.69. The number of rotatable bonds is 8. The molecule has 0 saturated heterocycles. The summed E-state index contributed by atoms with van der Waals surface area (Å²) in [6, 6.07) is 12.3. The largest absolute Gasteiger partial charge is 0.351 e. The van der Waals surface area contributed by atoms with Crippen LogP contribution in [0.25, 0.3) is 0 Å². The predicted octanol–water partition coefficient (Wildman–Crippen LogP) is 5.53. The zero-order valence-electron chi connectivity index (χ0n) is 18.2. The average Bonchev–Trinajstić information content (AvgIpc) is 2.79. The molecule has 0 aromatic heterocycles. The Morgan fingerprint density at radius 3 is 2.28 bits per heavy atom. The van der Waals surface area contributed by atoms with Crippen molar-refractivity contribution in [1.29, 1.82) is 0 Å². The molecule has 0 aliphatic heterocycles. The number of hydrogen-bond acceptors (Lipinski definition) is 2. The smallest absolute Gasteiger partial charge is 0.247 e. The fraction of sp³-hybridized carbons (Fsp3) is 0.440. The number of hydrogen-bond donors (Lipinski definition) is 1. The van der Waals surface area contributed by atoms with E-state index in [0.717, 1.165) is 31.2 Å². The minimum Gasteiger partial charge on any atom is -0.351 e. The highest BCUT2D eigenvalue weighted by atomic mass is 35.5. The Hall–Kier alpha value is -2.11. The first-order valence-electron chi connectivity index (χ1n) is 11.0. The minimum atomic E-state index is -0.881. The van der Waals surface area contributed by atoms with E-state index in [4.69, 9.17) is 23.2 Å². The van der Waals surface area contributed by atoms with Crippen LogP contribution in [0.1, 0.15) is 49.8 Å². The molecule has 2 aromatic rings. The summed E-state index contributed by atoms with van der Waals surface area (Å²) >= 11 is 11.9. The Bertz CT molecular complexity index is 897. The molecule has 0 heterocycles. The van der Waals surface area contributed by atoms with Crippen molar-refractivity contribution in [2.45, 2.75) is 51.1 Å². The van der Waals surface area contributed by atoms with Gasteiger partial charge in [0.15, 0.2) is 0 Å². The fourth-order valence-corrected chi connectivity index (χ4v) is 4.46. The Morgan fingerprint density at radius 1 is 1.06 bits per heavy atom. The summed E-state index contributed by atoms with van der Waals surface area (Å²) < 4.78 is 13.6. The van der Waals surface area contributed by atoms with Gasteiger partial charge in [-0.15, -0.1) is 11.6 Å². The summed E-state index contributed by atoms with van der Waals surface area (Å²) in [5.74, 6) is -0.588. The Balaban J connectivity index is 1.84. The van der Waals surface area contributed by atoms with Crippen molar-refractivity contribution >= 4 is 35.0 Å². The van der Waals surface area contributed by atoms with Crippen molar-refractivity contribution in [2.24, 2.45) is 5.92 Å². The molecular formula is C25H29Cl2FN2O2. The number of nitrogens with zero attached hydrogens (tertiary/aromatic N) is 1. The Labute approximate surface area is 199 Å². The normalized spacial score (nSPS) is 19.2. The monoisotopic (exact) mass is 478 g/mol. The van der Waals surface area contributed by atoms with Gasteiger partial charge in [-0.25, -0.2) is 4.39 Å². The molecule has 0 spiro atoms. The lowest BCUT2D eigenvalue weighted by atomic mass is 9.87. The van der Waals surface area contributed by atoms with Crippen LogP contribution in [0.15, 0.2) is 48.5 Å². The zero-order chi connectivity index (χ0) is 23.1. The maximum absolute atomic E-state index is 13.6. The minimum absolute atomic E-state index is 0.0749. The predicted molar refractivity (Wildman–Crippen MR) is 126 cm³/mol. The molecule has 1 fully saturated rings. The first-order chi connectivity index (χ1) is 15.4. The quantitative estimate of drug-likeness (QED) is 0.507. The van der Waals surface area contributed by atoms with Gasteiger partial charge in [0, 0.05) is 17.6 Å². The van der Waals surface area contributed by atoms with Crippen LogP contribution in [0.4, 0.5) is 4.39 Å². The molecule has 7 heteroatoms. The van der Waals surface area contributed by atoms with Gasteiger partial charge in [-0.2, -0.15) is 0 Å². The van der Waals surface area contributed by atoms with Gasteiger partial charge in [0.1, 0.15) is 17.7 Å². The van der Waals surface area contributed by atoms with Gasteiger partial charge < -0.3 is 10.2 Å². The van der Waals surface area contributed by atoms with Crippen LogP contribution in [0.5, 0.6) is 0 Å². The molecule has 4 nitrogen and oxygen atoms in total. The SMILES string of the molecule is CC1CCC(NC(=O)C(c2ccc(F)cc2)N(CCc2ccc(Cl)cc2)C(=O)CCl)CC1. The highest BCUT2D eigenvalue weighted by Crippen LogP contribution is 2.27. The third-order valence-corrected chi connectivity index (χ3v) is 6.58. The second-order valence-electron chi connectivity index (χ2n) is 8.52. The van der Waals surface area contributed by atoms with Crippen LogP contribution in [-0.4, -0.2) is 35.2 Å². The van der Waals surface area contributed by atoms with Gasteiger partial charge in [0.25, 0.3) is 0 Å². The van der Waals surface area contributed by atoms with Gasteiger partial charge in [0.2, 0.25) is 11.8 Å². The summed E-state index contributed by atoms with van der Waals surface area (Å²) in [5.41, 5.74) is 1.55. The van der Waals surface area contributed by atoms with Crippen molar-refractivity contribution in [3.05, 3.63) is 70.5 Å². The van der Waals surface area contributed by atoms with Gasteiger partial charge >= 0.3 is 0 Å². The summed E-state index contributed by atoms with van der Waals surface area (Å²) in [6.07, 6.45) is 4.49. The second kappa shape index (κ2) is 11.7. The Kier molecular flexibility index (Phi) is 8.94. The first kappa shape index (κ1) is 24.5. The third-order valence-electron chi connectivity index (χ3n) is 6.10. The summed E-state index contributed by atoms with van der Waals surface area (Å²) in [6.45, 7) is 2.52. The van der Waals surface area contributed by atoms with E-state index in [1.807, 2.05) is 12.1 Å². The maximum atomic E-state index is 13.6. The van der Waals surface area contributed by atoms with E-state index in [0.29, 0.717) is 29.5 Å². The first-order valence-corrected chi connectivity index (χ1v) is 11.9. The molecule has 2 aromatic carbocycles. The summed E-state index contributed by atoms with van der Waals surface area (Å²) in [4.78, 5) is 27.8. The molecule has 2 amide bonds. The van der Waals surface area contributed by atoms with Gasteiger partial charge in [-0.05, 0) is 73.4 Å². The zero-order valence-corrected chi connectivity index (χ0v) is 19.7. The average molecular weight is 479 g/mol. The van der Waals surface area contributed by atoms with Crippen LogP contribution in [-0.2, 0) is 16.0 Å². The number of halogens is 3. The summed E-state index contributed by atoms with van der Waals surface area (Å²) in [7, 11) is 0. The fourth-order valence-electron chi connectivity index (χ4n) is 4.18. The molecule has 1 aliphatic rings. The number of benzene rings is 2. The van der Waals surface area contributed by atoms with E-state index in [1.165, 1.54) is 17.0 Å². The lowest BCUT2D eigenvalue weighted by Crippen LogP contribution is -2.48. The van der Waals surface area contributed by atoms with Crippen LogP contribution < -0.4 is 5.32 Å². The lowest BCUT2D eigenvalue weighted by Gasteiger charge is -2.34. The van der Waals surface area contributed by atoms with Crippen molar-refractivity contribution in [1.82, 2.24) is 10.2 Å². The molecule has 1 N–H and O–H groups in total. The van der Waals surface area contributed by atoms with E-state index in [1.54, 1.807) is 24.3 Å². The van der Waals surface area contributed by atoms with Crippen LogP contribution >= 0.6 is 23.2 Å². The molecule has 1 aliphatic carbocycles. The number of carbonyl (C=O) groups is 2. The van der Waals surface area contributed by atoms with Gasteiger partial charge in [0.05, 0.1) is 0 Å². The lowest BCUT2D eigenvalue weighted by molar-refractivity contribution is -0.139. The summed E-state index contributed by atoms with van der Waals surface area (Å²) in [5, 5.41) is 3.76. The number of nitrogens with one attached hydrogen (secondary N) is 1. The van der Waals surface area contributed by atoms with Gasteiger partial charge in [-0.3, -0.25) is 9.59 Å². The van der Waals surface area contributed by atoms with E-state index in [9.17, 15) is 14.0 Å². The van der Waals surface area contributed by atoms with E-state index < -0.39 is 11.9 Å². The molecule has 0 radical (unpaired) electrons. The molecule has 172 valence electrons. The molecule has 1 unspecified atom stereocenters. The van der Waals surface area contributed by atoms with Crippen molar-refractivity contribution < 1.29 is 14.0 Å². The van der Waals surface area contributed by atoms with E-state index in [-0.39, 0.29) is 23.7 Å². The molecule has 1 atom stereocenters. The number of alkyl halides is 1. The van der Waals surface area contributed by atoms with Crippen LogP contribution in [0, 0.1) is 11.7 Å². The number of carbonyl (C=O) groups excluding carboxylic acids is 2. The van der Waals surface area contributed by atoms with E-state index in [2.05, 4.69) is 12.2 Å². The standard InChI is InChI=1S/C25H29Cl2FN2O2/c1-17-2-12-22(13-3-17)29-25(32)24(19-6-10-21(28)11-7-19)30(23(31)16-26)15-14-18-4-8-20(27)9-5-18/h4-11,17,22,24H,2-3,12-16H2,1H3,(H,29,32). The van der Waals surface area contributed by atoms with Crippen molar-refractivity contribution in [3.8, 4) is 0 Å². The molecular weight excluding hydrogens is 450 g/mol.